The average molecular weight is 488 g/mol. The molecule has 8 nitrogen and oxygen atoms in total. The number of hydrogen-bond acceptors (Lipinski definition) is 9. The summed E-state index contributed by atoms with van der Waals surface area (Å²) in [5.41, 5.74) is 6.19. The Morgan fingerprint density at radius 1 is 1.34 bits per heavy atom. The third-order valence-corrected chi connectivity index (χ3v) is 8.85. The fourth-order valence-electron chi connectivity index (χ4n) is 4.26. The first kappa shape index (κ1) is 21.2. The highest BCUT2D eigenvalue weighted by atomic mass is 35.5. The lowest BCUT2D eigenvalue weighted by atomic mass is 9.85. The molecule has 2 aromatic heterocycles. The molecular formula is C21H18ClN5O3S2. The molecule has 0 radical (unpaired) electrons. The second-order valence-electron chi connectivity index (χ2n) is 8.19. The van der Waals surface area contributed by atoms with Crippen LogP contribution < -0.4 is 10.6 Å². The third kappa shape index (κ3) is 3.51. The number of fused-ring (bicyclic) bond motifs is 2. The van der Waals surface area contributed by atoms with Crippen LogP contribution in [-0.4, -0.2) is 46.5 Å². The number of anilines is 3. The van der Waals surface area contributed by atoms with Crippen LogP contribution in [-0.2, 0) is 20.9 Å². The van der Waals surface area contributed by atoms with Crippen molar-refractivity contribution >= 4 is 50.2 Å². The molecule has 0 bridgehead atoms. The molecule has 1 atom stereocenters. The van der Waals surface area contributed by atoms with Crippen LogP contribution in [0, 0.1) is 11.8 Å². The fraction of sp³-hybridized carbons (Fsp3) is 0.286. The van der Waals surface area contributed by atoms with E-state index in [1.165, 1.54) is 17.5 Å². The number of nitrogens with two attached hydrogens (primary N) is 1. The van der Waals surface area contributed by atoms with Crippen molar-refractivity contribution in [2.45, 2.75) is 17.9 Å². The second-order valence-corrected chi connectivity index (χ2v) is 11.6. The van der Waals surface area contributed by atoms with Crippen LogP contribution >= 0.6 is 22.9 Å². The minimum absolute atomic E-state index is 0.0610. The quantitative estimate of drug-likeness (QED) is 0.528. The number of aromatic nitrogens is 3. The highest BCUT2D eigenvalue weighted by molar-refractivity contribution is 7.93. The summed E-state index contributed by atoms with van der Waals surface area (Å²) in [7, 11) is -3.09. The van der Waals surface area contributed by atoms with E-state index in [-0.39, 0.29) is 17.5 Å². The van der Waals surface area contributed by atoms with Gasteiger partial charge in [0.2, 0.25) is 5.95 Å². The summed E-state index contributed by atoms with van der Waals surface area (Å²) in [6.07, 6.45) is 3.04. The molecule has 0 amide bonds. The normalized spacial score (nSPS) is 19.5. The second kappa shape index (κ2) is 7.15. The van der Waals surface area contributed by atoms with E-state index in [4.69, 9.17) is 17.3 Å². The van der Waals surface area contributed by atoms with Gasteiger partial charge in [-0.15, -0.1) is 11.3 Å². The van der Waals surface area contributed by atoms with Crippen LogP contribution in [0.2, 0.25) is 5.02 Å². The van der Waals surface area contributed by atoms with E-state index >= 15 is 0 Å². The first-order valence-corrected chi connectivity index (χ1v) is 12.7. The minimum atomic E-state index is -3.09. The molecule has 164 valence electrons. The smallest absolute Gasteiger partial charge is 0.222 e. The van der Waals surface area contributed by atoms with E-state index in [1.807, 2.05) is 23.1 Å². The fourth-order valence-corrected chi connectivity index (χ4v) is 7.20. The Labute approximate surface area is 194 Å². The number of aliphatic hydroxyl groups is 1. The summed E-state index contributed by atoms with van der Waals surface area (Å²) < 4.78 is 24.1. The molecule has 11 heteroatoms. The molecule has 5 rings (SSSR count). The van der Waals surface area contributed by atoms with Crippen LogP contribution in [0.15, 0.2) is 36.0 Å². The Bertz CT molecular complexity index is 1380. The van der Waals surface area contributed by atoms with Crippen molar-refractivity contribution in [1.82, 2.24) is 15.0 Å². The van der Waals surface area contributed by atoms with Crippen molar-refractivity contribution in [3.05, 3.63) is 57.1 Å². The lowest BCUT2D eigenvalue weighted by Crippen LogP contribution is -2.54. The van der Waals surface area contributed by atoms with Gasteiger partial charge in [0.1, 0.15) is 10.0 Å². The maximum absolute atomic E-state index is 12.1. The summed E-state index contributed by atoms with van der Waals surface area (Å²) in [6.45, 7) is 2.00. The largest absolute Gasteiger partial charge is 0.371 e. The Balaban J connectivity index is 1.59. The van der Waals surface area contributed by atoms with Gasteiger partial charge in [0.25, 0.3) is 0 Å². The third-order valence-electron chi connectivity index (χ3n) is 5.61. The Hall–Kier alpha value is -2.71. The van der Waals surface area contributed by atoms with Crippen LogP contribution in [0.3, 0.4) is 0 Å². The maximum atomic E-state index is 12.1. The molecular weight excluding hydrogens is 470 g/mol. The Morgan fingerprint density at radius 3 is 2.81 bits per heavy atom. The molecule has 4 heterocycles. The SMILES string of the molecule is C[C@@](O)(C#Cc1ccc2c(c1)N(c1nc(N)ncc1Cl)CC21CS(=O)(=O)C1)c1nccs1. The van der Waals surface area contributed by atoms with E-state index in [2.05, 4.69) is 26.8 Å². The Morgan fingerprint density at radius 2 is 2.12 bits per heavy atom. The van der Waals surface area contributed by atoms with Gasteiger partial charge in [0.15, 0.2) is 21.3 Å². The van der Waals surface area contributed by atoms with Crippen LogP contribution in [0.5, 0.6) is 0 Å². The zero-order valence-corrected chi connectivity index (χ0v) is 19.3. The summed E-state index contributed by atoms with van der Waals surface area (Å²) in [4.78, 5) is 14.2. The van der Waals surface area contributed by atoms with Gasteiger partial charge in [0.05, 0.1) is 17.7 Å². The van der Waals surface area contributed by atoms with Gasteiger partial charge in [-0.25, -0.2) is 18.4 Å². The van der Waals surface area contributed by atoms with Gasteiger partial charge >= 0.3 is 0 Å². The molecule has 1 spiro atoms. The number of sulfone groups is 1. The van der Waals surface area contributed by atoms with E-state index < -0.39 is 20.9 Å². The molecule has 1 fully saturated rings. The number of benzene rings is 1. The van der Waals surface area contributed by atoms with Gasteiger partial charge < -0.3 is 15.7 Å². The Kier molecular flexibility index (Phi) is 4.73. The average Bonchev–Trinajstić information content (AvgIpc) is 3.35. The zero-order valence-electron chi connectivity index (χ0n) is 16.9. The number of nitrogens with zero attached hydrogens (tertiary/aromatic N) is 4. The molecule has 0 unspecified atom stereocenters. The predicted molar refractivity (Wildman–Crippen MR) is 124 cm³/mol. The van der Waals surface area contributed by atoms with Crippen molar-refractivity contribution in [1.29, 1.82) is 0 Å². The standard InChI is InChI=1S/C21H18ClN5O3S2/c1-20(28,18-24-6-7-31-18)5-4-13-2-3-14-16(8-13)27(10-21(14)11-32(29,30)12-21)17-15(22)9-25-19(23)26-17/h2-3,6-9,28H,10-12H2,1H3,(H2,23,25,26)/t20-/m1/s1. The number of nitrogen functional groups attached to an aromatic ring is 1. The lowest BCUT2D eigenvalue weighted by Gasteiger charge is -2.38. The van der Waals surface area contributed by atoms with Crippen LogP contribution in [0.4, 0.5) is 17.5 Å². The summed E-state index contributed by atoms with van der Waals surface area (Å²) in [5, 5.41) is 13.3. The van der Waals surface area contributed by atoms with Crippen LogP contribution in [0.1, 0.15) is 23.1 Å². The maximum Gasteiger partial charge on any atom is 0.222 e. The van der Waals surface area contributed by atoms with Gasteiger partial charge in [-0.3, -0.25) is 0 Å². The number of rotatable bonds is 2. The number of thiazole rings is 1. The summed E-state index contributed by atoms with van der Waals surface area (Å²) >= 11 is 7.69. The van der Waals surface area contributed by atoms with Crippen molar-refractivity contribution in [3.63, 3.8) is 0 Å². The first-order chi connectivity index (χ1) is 15.1. The lowest BCUT2D eigenvalue weighted by molar-refractivity contribution is 0.122. The van der Waals surface area contributed by atoms with Crippen molar-refractivity contribution in [2.24, 2.45) is 0 Å². The van der Waals surface area contributed by atoms with E-state index in [0.717, 1.165) is 11.3 Å². The van der Waals surface area contributed by atoms with Gasteiger partial charge in [-0.2, -0.15) is 4.98 Å². The molecule has 2 aliphatic rings. The van der Waals surface area contributed by atoms with Crippen molar-refractivity contribution in [3.8, 4) is 11.8 Å². The van der Waals surface area contributed by atoms with Gasteiger partial charge in [-0.1, -0.05) is 29.5 Å². The van der Waals surface area contributed by atoms with E-state index in [0.29, 0.717) is 28.0 Å². The molecule has 0 aliphatic carbocycles. The number of hydrogen-bond donors (Lipinski definition) is 2. The monoisotopic (exact) mass is 487 g/mol. The van der Waals surface area contributed by atoms with Crippen LogP contribution in [0.25, 0.3) is 0 Å². The van der Waals surface area contributed by atoms with E-state index in [1.54, 1.807) is 18.5 Å². The van der Waals surface area contributed by atoms with Crippen molar-refractivity contribution < 1.29 is 13.5 Å². The molecule has 3 aromatic rings. The highest BCUT2D eigenvalue weighted by Gasteiger charge is 2.55. The van der Waals surface area contributed by atoms with Gasteiger partial charge in [0, 0.05) is 34.8 Å². The molecule has 32 heavy (non-hydrogen) atoms. The number of halogens is 1. The summed E-state index contributed by atoms with van der Waals surface area (Å²) in [6, 6.07) is 5.58. The molecule has 0 saturated carbocycles. The topological polar surface area (TPSA) is 122 Å². The zero-order chi connectivity index (χ0) is 22.7. The highest BCUT2D eigenvalue weighted by Crippen LogP contribution is 2.51. The predicted octanol–water partition coefficient (Wildman–Crippen LogP) is 2.25. The first-order valence-electron chi connectivity index (χ1n) is 9.65. The molecule has 1 aromatic carbocycles. The minimum Gasteiger partial charge on any atom is -0.371 e. The molecule has 1 saturated heterocycles. The molecule has 3 N–H and O–H groups in total. The summed E-state index contributed by atoms with van der Waals surface area (Å²) in [5.74, 6) is 6.50. The van der Waals surface area contributed by atoms with Gasteiger partial charge in [-0.05, 0) is 24.6 Å². The van der Waals surface area contributed by atoms with Crippen molar-refractivity contribution in [2.75, 3.05) is 28.7 Å². The van der Waals surface area contributed by atoms with E-state index in [9.17, 15) is 13.5 Å². The molecule has 2 aliphatic heterocycles.